The topological polar surface area (TPSA) is 28.0 Å². The van der Waals surface area contributed by atoms with Crippen molar-refractivity contribution in [1.82, 2.24) is 5.01 Å². The van der Waals surface area contributed by atoms with Crippen molar-refractivity contribution in [2.45, 2.75) is 20.3 Å². The van der Waals surface area contributed by atoms with E-state index in [2.05, 4.69) is 16.8 Å². The van der Waals surface area contributed by atoms with E-state index in [1.165, 1.54) is 0 Å². The number of nitrogens with zero attached hydrogens (tertiary/aromatic N) is 3. The van der Waals surface area contributed by atoms with Gasteiger partial charge in [-0.05, 0) is 26.6 Å². The summed E-state index contributed by atoms with van der Waals surface area (Å²) in [5, 5.41) is 6.01. The number of hydrogen-bond donors (Lipinski definition) is 0. The van der Waals surface area contributed by atoms with E-state index in [-0.39, 0.29) is 0 Å². The summed E-state index contributed by atoms with van der Waals surface area (Å²) in [4.78, 5) is 3.86. The molecule has 3 nitrogen and oxygen atoms in total. The minimum atomic E-state index is 0.804. The van der Waals surface area contributed by atoms with Crippen molar-refractivity contribution in [3.8, 4) is 0 Å². The summed E-state index contributed by atoms with van der Waals surface area (Å²) in [5.41, 5.74) is 1.08. The van der Waals surface area contributed by atoms with Crippen molar-refractivity contribution in [3.63, 3.8) is 0 Å². The average Bonchev–Trinajstić information content (AvgIpc) is 2.05. The van der Waals surface area contributed by atoms with Crippen LogP contribution in [0.5, 0.6) is 0 Å². The Morgan fingerprint density at radius 3 is 3.08 bits per heavy atom. The van der Waals surface area contributed by atoms with Gasteiger partial charge >= 0.3 is 0 Å². The van der Waals surface area contributed by atoms with E-state index in [0.29, 0.717) is 0 Å². The zero-order chi connectivity index (χ0) is 8.97. The van der Waals surface area contributed by atoms with Gasteiger partial charge in [-0.15, -0.1) is 0 Å². The van der Waals surface area contributed by atoms with E-state index in [4.69, 9.17) is 0 Å². The quantitative estimate of drug-likeness (QED) is 0.573. The molecule has 0 fully saturated rings. The maximum atomic E-state index is 4.29. The highest BCUT2D eigenvalue weighted by Gasteiger charge is 2.07. The first-order chi connectivity index (χ1) is 5.77. The summed E-state index contributed by atoms with van der Waals surface area (Å²) < 4.78 is 0. The molecule has 3 heteroatoms. The van der Waals surface area contributed by atoms with Crippen LogP contribution >= 0.6 is 0 Å². The van der Waals surface area contributed by atoms with E-state index in [0.717, 1.165) is 18.0 Å². The zero-order valence-corrected chi connectivity index (χ0v) is 7.49. The van der Waals surface area contributed by atoms with Crippen LogP contribution in [0.4, 0.5) is 0 Å². The Kier molecular flexibility index (Phi) is 2.80. The van der Waals surface area contributed by atoms with Crippen LogP contribution in [-0.2, 0) is 0 Å². The standard InChI is InChI=1S/C9H13N3/c1-4-7-12-9(10-3)6-5-8(2)11-12/h4,6-7H,3,5H2,1-2H3/b7-4-. The molecule has 64 valence electrons. The van der Waals surface area contributed by atoms with E-state index < -0.39 is 0 Å². The molecule has 1 rings (SSSR count). The molecule has 0 radical (unpaired) electrons. The second-order valence-corrected chi connectivity index (χ2v) is 2.59. The summed E-state index contributed by atoms with van der Waals surface area (Å²) in [6, 6.07) is 0. The highest BCUT2D eigenvalue weighted by atomic mass is 15.5. The monoisotopic (exact) mass is 163 g/mol. The van der Waals surface area contributed by atoms with Gasteiger partial charge in [0.1, 0.15) is 5.82 Å². The minimum Gasteiger partial charge on any atom is -0.245 e. The van der Waals surface area contributed by atoms with Gasteiger partial charge in [-0.2, -0.15) is 5.10 Å². The van der Waals surface area contributed by atoms with E-state index in [1.54, 1.807) is 5.01 Å². The van der Waals surface area contributed by atoms with Gasteiger partial charge in [0.2, 0.25) is 0 Å². The second-order valence-electron chi connectivity index (χ2n) is 2.59. The van der Waals surface area contributed by atoms with Gasteiger partial charge in [0.05, 0.1) is 0 Å². The van der Waals surface area contributed by atoms with Crippen molar-refractivity contribution < 1.29 is 0 Å². The highest BCUT2D eigenvalue weighted by Crippen LogP contribution is 2.14. The number of hydrazone groups is 1. The predicted molar refractivity (Wildman–Crippen MR) is 52.0 cm³/mol. The second kappa shape index (κ2) is 3.85. The Morgan fingerprint density at radius 1 is 1.75 bits per heavy atom. The number of hydrogen-bond acceptors (Lipinski definition) is 3. The maximum absolute atomic E-state index is 4.29. The van der Waals surface area contributed by atoms with Crippen LogP contribution in [0.1, 0.15) is 20.3 Å². The summed E-state index contributed by atoms with van der Waals surface area (Å²) >= 11 is 0. The molecule has 0 bridgehead atoms. The molecule has 1 heterocycles. The van der Waals surface area contributed by atoms with Crippen LogP contribution in [0, 0.1) is 0 Å². The number of rotatable bonds is 2. The van der Waals surface area contributed by atoms with Crippen LogP contribution in [0.3, 0.4) is 0 Å². The Labute approximate surface area is 72.8 Å². The van der Waals surface area contributed by atoms with Gasteiger partial charge in [-0.25, -0.2) is 10.0 Å². The molecular weight excluding hydrogens is 150 g/mol. The van der Waals surface area contributed by atoms with Crippen LogP contribution in [-0.4, -0.2) is 17.4 Å². The first-order valence-electron chi connectivity index (χ1n) is 3.91. The first kappa shape index (κ1) is 8.71. The van der Waals surface area contributed by atoms with Crippen LogP contribution in [0.15, 0.2) is 34.3 Å². The van der Waals surface area contributed by atoms with E-state index in [1.807, 2.05) is 32.2 Å². The lowest BCUT2D eigenvalue weighted by Gasteiger charge is -2.19. The molecule has 0 aliphatic carbocycles. The van der Waals surface area contributed by atoms with Gasteiger partial charge in [0, 0.05) is 18.3 Å². The van der Waals surface area contributed by atoms with Crippen molar-refractivity contribution in [2.24, 2.45) is 10.1 Å². The fourth-order valence-corrected chi connectivity index (χ4v) is 0.996. The molecule has 0 saturated heterocycles. The largest absolute Gasteiger partial charge is 0.245 e. The highest BCUT2D eigenvalue weighted by molar-refractivity contribution is 5.83. The van der Waals surface area contributed by atoms with Gasteiger partial charge in [0.15, 0.2) is 0 Å². The van der Waals surface area contributed by atoms with Crippen LogP contribution in [0.25, 0.3) is 0 Å². The summed E-state index contributed by atoms with van der Waals surface area (Å²) in [6.07, 6.45) is 6.65. The Morgan fingerprint density at radius 2 is 2.50 bits per heavy atom. The molecule has 1 aliphatic rings. The van der Waals surface area contributed by atoms with Crippen molar-refractivity contribution in [3.05, 3.63) is 24.2 Å². The van der Waals surface area contributed by atoms with Crippen LogP contribution in [0.2, 0.25) is 0 Å². The smallest absolute Gasteiger partial charge is 0.148 e. The lowest BCUT2D eigenvalue weighted by atomic mass is 10.2. The van der Waals surface area contributed by atoms with Crippen molar-refractivity contribution in [1.29, 1.82) is 0 Å². The van der Waals surface area contributed by atoms with Crippen molar-refractivity contribution >= 4 is 12.4 Å². The first-order valence-corrected chi connectivity index (χ1v) is 3.91. The predicted octanol–water partition coefficient (Wildman–Crippen LogP) is 2.14. The van der Waals surface area contributed by atoms with Gasteiger partial charge in [-0.1, -0.05) is 6.08 Å². The summed E-state index contributed by atoms with van der Waals surface area (Å²) in [5.74, 6) is 0.804. The Balaban J connectivity index is 2.84. The van der Waals surface area contributed by atoms with Crippen molar-refractivity contribution in [2.75, 3.05) is 0 Å². The molecule has 1 aliphatic heterocycles. The molecule has 0 unspecified atom stereocenters. The lowest BCUT2D eigenvalue weighted by Crippen LogP contribution is -2.14. The van der Waals surface area contributed by atoms with Crippen LogP contribution < -0.4 is 0 Å². The molecule has 0 aromatic heterocycles. The fraction of sp³-hybridized carbons (Fsp3) is 0.333. The molecule has 12 heavy (non-hydrogen) atoms. The molecule has 0 atom stereocenters. The van der Waals surface area contributed by atoms with Gasteiger partial charge in [0.25, 0.3) is 0 Å². The molecule has 0 amide bonds. The normalized spacial score (nSPS) is 17.7. The third-order valence-electron chi connectivity index (χ3n) is 1.55. The van der Waals surface area contributed by atoms with Gasteiger partial charge in [-0.3, -0.25) is 0 Å². The summed E-state index contributed by atoms with van der Waals surface area (Å²) in [6.45, 7) is 7.42. The minimum absolute atomic E-state index is 0.804. The SMILES string of the molecule is C=NC1=CCC(C)=NN1/C=C\C. The molecule has 0 aromatic rings. The molecule has 0 N–H and O–H groups in total. The lowest BCUT2D eigenvalue weighted by molar-refractivity contribution is 0.481. The van der Waals surface area contributed by atoms with E-state index >= 15 is 0 Å². The zero-order valence-electron chi connectivity index (χ0n) is 7.49. The number of aliphatic imine (C=N–C) groups is 1. The average molecular weight is 163 g/mol. The number of allylic oxidation sites excluding steroid dienone is 2. The third-order valence-corrected chi connectivity index (χ3v) is 1.55. The maximum Gasteiger partial charge on any atom is 0.148 e. The summed E-state index contributed by atoms with van der Waals surface area (Å²) in [7, 11) is 0. The Bertz CT molecular complexity index is 261. The Hall–Kier alpha value is -1.38. The molecule has 0 saturated carbocycles. The fourth-order valence-electron chi connectivity index (χ4n) is 0.996. The molecular formula is C9H13N3. The van der Waals surface area contributed by atoms with Gasteiger partial charge < -0.3 is 0 Å². The molecule has 0 aromatic carbocycles. The third kappa shape index (κ3) is 1.81. The van der Waals surface area contributed by atoms with E-state index in [9.17, 15) is 0 Å². The molecule has 0 spiro atoms.